The van der Waals surface area contributed by atoms with Gasteiger partial charge in [-0.2, -0.15) is 0 Å². The molecule has 0 bridgehead atoms. The van der Waals surface area contributed by atoms with Crippen LogP contribution >= 0.6 is 0 Å². The Morgan fingerprint density at radius 1 is 1.50 bits per heavy atom. The zero-order valence-corrected chi connectivity index (χ0v) is 13.1. The summed E-state index contributed by atoms with van der Waals surface area (Å²) >= 11 is 0. The van der Waals surface area contributed by atoms with Crippen LogP contribution in [0, 0.1) is 0 Å². The van der Waals surface area contributed by atoms with Gasteiger partial charge in [0.15, 0.2) is 0 Å². The molecule has 0 aromatic heterocycles. The number of nitrogens with two attached hydrogens (primary N) is 1. The summed E-state index contributed by atoms with van der Waals surface area (Å²) < 4.78 is 5.29. The van der Waals surface area contributed by atoms with Gasteiger partial charge in [0.25, 0.3) is 0 Å². The molecule has 1 amide bonds. The Labute approximate surface area is 121 Å². The average molecular weight is 278 g/mol. The Kier molecular flexibility index (Phi) is 5.43. The maximum Gasteiger partial charge on any atom is 0.408 e. The molecule has 1 aliphatic carbocycles. The molecule has 1 atom stereocenters. The summed E-state index contributed by atoms with van der Waals surface area (Å²) in [5.41, 5.74) is 8.49. The highest BCUT2D eigenvalue weighted by molar-refractivity contribution is 5.68. The third kappa shape index (κ3) is 5.11. The fourth-order valence-electron chi connectivity index (χ4n) is 2.15. The molecule has 0 saturated heterocycles. The largest absolute Gasteiger partial charge is 0.444 e. The van der Waals surface area contributed by atoms with Crippen molar-refractivity contribution in [1.82, 2.24) is 5.32 Å². The molecule has 0 saturated carbocycles. The van der Waals surface area contributed by atoms with Crippen LogP contribution in [-0.4, -0.2) is 17.7 Å². The van der Waals surface area contributed by atoms with Crippen molar-refractivity contribution in [2.24, 2.45) is 5.73 Å². The predicted octanol–water partition coefficient (Wildman–Crippen LogP) is 3.41. The number of carbonyl (C=O) groups is 1. The molecule has 0 spiro atoms. The molecular weight excluding hydrogens is 252 g/mol. The van der Waals surface area contributed by atoms with Crippen molar-refractivity contribution in [3.8, 4) is 0 Å². The van der Waals surface area contributed by atoms with Gasteiger partial charge in [-0.05, 0) is 63.8 Å². The first-order valence-corrected chi connectivity index (χ1v) is 7.08. The van der Waals surface area contributed by atoms with E-state index >= 15 is 0 Å². The quantitative estimate of drug-likeness (QED) is 0.831. The van der Waals surface area contributed by atoms with Gasteiger partial charge < -0.3 is 15.8 Å². The first kappa shape index (κ1) is 16.3. The topological polar surface area (TPSA) is 64.3 Å². The van der Waals surface area contributed by atoms with E-state index in [0.717, 1.165) is 18.5 Å². The van der Waals surface area contributed by atoms with Crippen LogP contribution < -0.4 is 11.1 Å². The lowest BCUT2D eigenvalue weighted by Crippen LogP contribution is -2.38. The molecule has 3 N–H and O–H groups in total. The Balaban J connectivity index is 2.82. The Bertz CT molecular complexity index is 454. The predicted molar refractivity (Wildman–Crippen MR) is 82.2 cm³/mol. The minimum absolute atomic E-state index is 0.0772. The zero-order valence-electron chi connectivity index (χ0n) is 13.1. The van der Waals surface area contributed by atoms with E-state index in [9.17, 15) is 4.79 Å². The molecule has 112 valence electrons. The SMILES string of the molecule is CCC1=C(C(C)NC(=O)OC(C)(C)C)CC=CC(N)=C1. The van der Waals surface area contributed by atoms with E-state index in [4.69, 9.17) is 10.5 Å². The van der Waals surface area contributed by atoms with Crippen molar-refractivity contribution >= 4 is 6.09 Å². The van der Waals surface area contributed by atoms with Gasteiger partial charge in [-0.3, -0.25) is 0 Å². The zero-order chi connectivity index (χ0) is 15.3. The summed E-state index contributed by atoms with van der Waals surface area (Å²) in [4.78, 5) is 11.8. The van der Waals surface area contributed by atoms with Gasteiger partial charge in [-0.25, -0.2) is 4.79 Å². The summed E-state index contributed by atoms with van der Waals surface area (Å²) in [6.07, 6.45) is 7.19. The molecule has 0 fully saturated rings. The first-order valence-electron chi connectivity index (χ1n) is 7.08. The summed E-state index contributed by atoms with van der Waals surface area (Å²) in [5, 5.41) is 2.89. The minimum Gasteiger partial charge on any atom is -0.444 e. The molecule has 0 radical (unpaired) electrons. The normalized spacial score (nSPS) is 17.4. The van der Waals surface area contributed by atoms with E-state index in [1.54, 1.807) is 0 Å². The number of nitrogens with one attached hydrogen (secondary N) is 1. The Morgan fingerprint density at radius 3 is 2.70 bits per heavy atom. The summed E-state index contributed by atoms with van der Waals surface area (Å²) in [6, 6.07) is -0.0772. The Morgan fingerprint density at radius 2 is 2.15 bits per heavy atom. The number of allylic oxidation sites excluding steroid dienone is 4. The van der Waals surface area contributed by atoms with Crippen molar-refractivity contribution in [2.75, 3.05) is 0 Å². The number of hydrogen-bond donors (Lipinski definition) is 2. The smallest absolute Gasteiger partial charge is 0.408 e. The van der Waals surface area contributed by atoms with Crippen LogP contribution in [-0.2, 0) is 4.74 Å². The van der Waals surface area contributed by atoms with Crippen LogP contribution in [0.3, 0.4) is 0 Å². The van der Waals surface area contributed by atoms with E-state index in [1.807, 2.05) is 45.9 Å². The van der Waals surface area contributed by atoms with Crippen LogP contribution in [0.15, 0.2) is 35.1 Å². The third-order valence-electron chi connectivity index (χ3n) is 3.04. The highest BCUT2D eigenvalue weighted by Gasteiger charge is 2.20. The van der Waals surface area contributed by atoms with Crippen molar-refractivity contribution in [3.63, 3.8) is 0 Å². The van der Waals surface area contributed by atoms with Crippen molar-refractivity contribution < 1.29 is 9.53 Å². The lowest BCUT2D eigenvalue weighted by atomic mass is 9.97. The molecule has 0 heterocycles. The molecule has 0 aromatic rings. The van der Waals surface area contributed by atoms with E-state index in [1.165, 1.54) is 11.1 Å². The Hall–Kier alpha value is -1.71. The molecule has 1 unspecified atom stereocenters. The second-order valence-electron chi connectivity index (χ2n) is 6.02. The van der Waals surface area contributed by atoms with Crippen molar-refractivity contribution in [2.45, 2.75) is 59.1 Å². The molecule has 20 heavy (non-hydrogen) atoms. The van der Waals surface area contributed by atoms with Gasteiger partial charge in [-0.1, -0.05) is 13.0 Å². The first-order chi connectivity index (χ1) is 9.23. The second kappa shape index (κ2) is 6.64. The highest BCUT2D eigenvalue weighted by atomic mass is 16.6. The third-order valence-corrected chi connectivity index (χ3v) is 3.04. The number of hydrogen-bond acceptors (Lipinski definition) is 3. The van der Waals surface area contributed by atoms with Gasteiger partial charge in [0.05, 0.1) is 6.04 Å². The minimum atomic E-state index is -0.487. The van der Waals surface area contributed by atoms with E-state index in [-0.39, 0.29) is 6.04 Å². The lowest BCUT2D eigenvalue weighted by Gasteiger charge is -2.24. The maximum absolute atomic E-state index is 11.8. The van der Waals surface area contributed by atoms with Crippen LogP contribution in [0.4, 0.5) is 4.79 Å². The molecule has 4 nitrogen and oxygen atoms in total. The second-order valence-corrected chi connectivity index (χ2v) is 6.02. The van der Waals surface area contributed by atoms with Crippen LogP contribution in [0.1, 0.15) is 47.5 Å². The fraction of sp³-hybridized carbons (Fsp3) is 0.562. The van der Waals surface area contributed by atoms with Crippen LogP contribution in [0.2, 0.25) is 0 Å². The molecule has 1 rings (SSSR count). The molecule has 1 aliphatic rings. The van der Waals surface area contributed by atoms with Gasteiger partial charge in [0, 0.05) is 5.70 Å². The number of rotatable bonds is 3. The van der Waals surface area contributed by atoms with E-state index < -0.39 is 11.7 Å². The van der Waals surface area contributed by atoms with Crippen LogP contribution in [0.25, 0.3) is 0 Å². The van der Waals surface area contributed by atoms with Crippen LogP contribution in [0.5, 0.6) is 0 Å². The van der Waals surface area contributed by atoms with Crippen molar-refractivity contribution in [3.05, 3.63) is 35.1 Å². The standard InChI is InChI=1S/C16H26N2O2/c1-6-12-10-13(17)8-7-9-14(12)11(2)18-15(19)20-16(3,4)5/h7-8,10-11H,6,9,17H2,1-5H3,(H,18,19). The van der Waals surface area contributed by atoms with Crippen molar-refractivity contribution in [1.29, 1.82) is 0 Å². The highest BCUT2D eigenvalue weighted by Crippen LogP contribution is 2.22. The molecule has 4 heteroatoms. The maximum atomic E-state index is 11.8. The number of carbonyl (C=O) groups excluding carboxylic acids is 1. The lowest BCUT2D eigenvalue weighted by molar-refractivity contribution is 0.0515. The number of amides is 1. The fourth-order valence-corrected chi connectivity index (χ4v) is 2.15. The summed E-state index contributed by atoms with van der Waals surface area (Å²) in [5.74, 6) is 0. The monoisotopic (exact) mass is 278 g/mol. The van der Waals surface area contributed by atoms with E-state index in [0.29, 0.717) is 0 Å². The van der Waals surface area contributed by atoms with Gasteiger partial charge >= 0.3 is 6.09 Å². The van der Waals surface area contributed by atoms with Gasteiger partial charge in [0.1, 0.15) is 5.60 Å². The van der Waals surface area contributed by atoms with Gasteiger partial charge in [-0.15, -0.1) is 0 Å². The van der Waals surface area contributed by atoms with Gasteiger partial charge in [0.2, 0.25) is 0 Å². The number of alkyl carbamates (subject to hydrolysis) is 1. The average Bonchev–Trinajstić information content (AvgIpc) is 2.47. The summed E-state index contributed by atoms with van der Waals surface area (Å²) in [7, 11) is 0. The number of ether oxygens (including phenoxy) is 1. The molecule has 0 aliphatic heterocycles. The van der Waals surface area contributed by atoms with E-state index in [2.05, 4.69) is 12.2 Å². The molecular formula is C16H26N2O2. The summed E-state index contributed by atoms with van der Waals surface area (Å²) in [6.45, 7) is 9.62. The molecule has 0 aromatic carbocycles.